The average molecular weight is 311 g/mol. The lowest BCUT2D eigenvalue weighted by Crippen LogP contribution is -2.52. The number of thiazole rings is 1. The molecule has 2 rings (SSSR count). The highest BCUT2D eigenvalue weighted by atomic mass is 32.1. The zero-order chi connectivity index (χ0) is 15.5. The van der Waals surface area contributed by atoms with E-state index in [9.17, 15) is 0 Å². The third kappa shape index (κ3) is 4.74. The standard InChI is InChI=1S/C16H29N3OS/c1-6-17-12(13-10-19(5)7-8-20-13)9-15-18-14(11-21-15)16(2,3)4/h11-13,17H,6-10H2,1-5H3. The molecule has 21 heavy (non-hydrogen) atoms. The molecule has 1 N–H and O–H groups in total. The summed E-state index contributed by atoms with van der Waals surface area (Å²) in [4.78, 5) is 7.17. The van der Waals surface area contributed by atoms with Crippen molar-refractivity contribution in [1.29, 1.82) is 0 Å². The van der Waals surface area contributed by atoms with E-state index in [-0.39, 0.29) is 11.5 Å². The molecule has 2 atom stereocenters. The van der Waals surface area contributed by atoms with Crippen LogP contribution in [0, 0.1) is 0 Å². The molecule has 1 aromatic rings. The Bertz CT molecular complexity index is 441. The van der Waals surface area contributed by atoms with E-state index < -0.39 is 0 Å². The predicted octanol–water partition coefficient (Wildman–Crippen LogP) is 2.29. The molecule has 0 saturated carbocycles. The van der Waals surface area contributed by atoms with E-state index in [1.54, 1.807) is 11.3 Å². The molecule has 120 valence electrons. The molecule has 0 aromatic carbocycles. The maximum atomic E-state index is 5.98. The molecule has 2 heterocycles. The highest BCUT2D eigenvalue weighted by molar-refractivity contribution is 7.09. The number of likely N-dealkylation sites (N-methyl/N-ethyl adjacent to an activating group) is 2. The minimum absolute atomic E-state index is 0.129. The Balaban J connectivity index is 2.03. The van der Waals surface area contributed by atoms with Crippen LogP contribution in [0.25, 0.3) is 0 Å². The van der Waals surface area contributed by atoms with Crippen LogP contribution in [0.15, 0.2) is 5.38 Å². The lowest BCUT2D eigenvalue weighted by molar-refractivity contribution is -0.0381. The Labute approximate surface area is 132 Å². The van der Waals surface area contributed by atoms with E-state index >= 15 is 0 Å². The van der Waals surface area contributed by atoms with Crippen LogP contribution in [-0.2, 0) is 16.6 Å². The second-order valence-corrected chi connectivity index (χ2v) is 7.86. The summed E-state index contributed by atoms with van der Waals surface area (Å²) in [5.74, 6) is 0. The number of nitrogens with zero attached hydrogens (tertiary/aromatic N) is 2. The van der Waals surface area contributed by atoms with Gasteiger partial charge < -0.3 is 15.0 Å². The van der Waals surface area contributed by atoms with E-state index in [1.807, 2.05) is 0 Å². The molecule has 1 saturated heterocycles. The summed E-state index contributed by atoms with van der Waals surface area (Å²) >= 11 is 1.78. The Morgan fingerprint density at radius 3 is 2.86 bits per heavy atom. The summed E-state index contributed by atoms with van der Waals surface area (Å²) in [6.07, 6.45) is 1.21. The second-order valence-electron chi connectivity index (χ2n) is 6.92. The highest BCUT2D eigenvalue weighted by Gasteiger charge is 2.27. The van der Waals surface area contributed by atoms with Gasteiger partial charge in [-0.2, -0.15) is 0 Å². The van der Waals surface area contributed by atoms with Crippen LogP contribution < -0.4 is 5.32 Å². The normalized spacial score (nSPS) is 22.4. The lowest BCUT2D eigenvalue weighted by Gasteiger charge is -2.35. The van der Waals surface area contributed by atoms with Crippen molar-refractivity contribution in [2.45, 2.75) is 51.7 Å². The summed E-state index contributed by atoms with van der Waals surface area (Å²) in [6.45, 7) is 12.6. The van der Waals surface area contributed by atoms with Crippen LogP contribution in [-0.4, -0.2) is 55.3 Å². The molecule has 2 unspecified atom stereocenters. The maximum Gasteiger partial charge on any atom is 0.0945 e. The van der Waals surface area contributed by atoms with Gasteiger partial charge >= 0.3 is 0 Å². The van der Waals surface area contributed by atoms with Crippen molar-refractivity contribution >= 4 is 11.3 Å². The first-order valence-electron chi connectivity index (χ1n) is 7.88. The van der Waals surface area contributed by atoms with Crippen molar-refractivity contribution in [2.75, 3.05) is 33.3 Å². The van der Waals surface area contributed by atoms with Gasteiger partial charge in [0.1, 0.15) is 0 Å². The summed E-state index contributed by atoms with van der Waals surface area (Å²) in [6, 6.07) is 0.344. The molecule has 4 nitrogen and oxygen atoms in total. The molecule has 0 spiro atoms. The van der Waals surface area contributed by atoms with Crippen LogP contribution in [0.3, 0.4) is 0 Å². The summed E-state index contributed by atoms with van der Waals surface area (Å²) < 4.78 is 5.98. The first-order valence-corrected chi connectivity index (χ1v) is 8.76. The van der Waals surface area contributed by atoms with Gasteiger partial charge in [0.05, 0.1) is 23.4 Å². The molecular weight excluding hydrogens is 282 g/mol. The van der Waals surface area contributed by atoms with Gasteiger partial charge in [0.2, 0.25) is 0 Å². The van der Waals surface area contributed by atoms with Gasteiger partial charge in [-0.25, -0.2) is 4.98 Å². The highest BCUT2D eigenvalue weighted by Crippen LogP contribution is 2.25. The molecule has 1 aromatic heterocycles. The maximum absolute atomic E-state index is 5.98. The van der Waals surface area contributed by atoms with Crippen molar-refractivity contribution in [3.8, 4) is 0 Å². The Morgan fingerprint density at radius 1 is 1.52 bits per heavy atom. The molecule has 1 fully saturated rings. The van der Waals surface area contributed by atoms with Crippen LogP contribution >= 0.6 is 11.3 Å². The predicted molar refractivity (Wildman–Crippen MR) is 89.2 cm³/mol. The summed E-state index contributed by atoms with van der Waals surface area (Å²) in [5.41, 5.74) is 1.32. The topological polar surface area (TPSA) is 37.4 Å². The molecule has 5 heteroatoms. The second kappa shape index (κ2) is 7.18. The number of hydrogen-bond acceptors (Lipinski definition) is 5. The summed E-state index contributed by atoms with van der Waals surface area (Å²) in [7, 11) is 2.17. The third-order valence-electron chi connectivity index (χ3n) is 3.93. The number of aromatic nitrogens is 1. The number of ether oxygens (including phenoxy) is 1. The number of nitrogens with one attached hydrogen (secondary N) is 1. The first-order chi connectivity index (χ1) is 9.90. The quantitative estimate of drug-likeness (QED) is 0.905. The minimum atomic E-state index is 0.129. The Kier molecular flexibility index (Phi) is 5.77. The van der Waals surface area contributed by atoms with Crippen LogP contribution in [0.5, 0.6) is 0 Å². The average Bonchev–Trinajstić information content (AvgIpc) is 2.87. The van der Waals surface area contributed by atoms with E-state index in [2.05, 4.69) is 50.3 Å². The molecule has 1 aliphatic heterocycles. The van der Waals surface area contributed by atoms with Gasteiger partial charge in [0.25, 0.3) is 0 Å². The first kappa shape index (κ1) is 16.9. The minimum Gasteiger partial charge on any atom is -0.374 e. The van der Waals surface area contributed by atoms with Crippen LogP contribution in [0.1, 0.15) is 38.4 Å². The number of morpholine rings is 1. The molecular formula is C16H29N3OS. The van der Waals surface area contributed by atoms with Gasteiger partial charge in [-0.15, -0.1) is 11.3 Å². The molecule has 1 aliphatic rings. The van der Waals surface area contributed by atoms with E-state index in [0.29, 0.717) is 6.04 Å². The van der Waals surface area contributed by atoms with Crippen molar-refractivity contribution in [3.63, 3.8) is 0 Å². The van der Waals surface area contributed by atoms with E-state index in [0.717, 1.165) is 32.7 Å². The van der Waals surface area contributed by atoms with Crippen LogP contribution in [0.4, 0.5) is 0 Å². The van der Waals surface area contributed by atoms with Gasteiger partial charge in [0, 0.05) is 36.3 Å². The zero-order valence-corrected chi connectivity index (χ0v) is 14.8. The fraction of sp³-hybridized carbons (Fsp3) is 0.812. The van der Waals surface area contributed by atoms with Crippen molar-refractivity contribution in [2.24, 2.45) is 0 Å². The monoisotopic (exact) mass is 311 g/mol. The van der Waals surface area contributed by atoms with E-state index in [4.69, 9.17) is 9.72 Å². The SMILES string of the molecule is CCNC(Cc1nc(C(C)(C)C)cs1)C1CN(C)CCO1. The van der Waals surface area contributed by atoms with Crippen molar-refractivity contribution in [1.82, 2.24) is 15.2 Å². The molecule has 0 aliphatic carbocycles. The number of rotatable bonds is 5. The van der Waals surface area contributed by atoms with Crippen molar-refractivity contribution < 1.29 is 4.74 Å². The Hall–Kier alpha value is -0.490. The van der Waals surface area contributed by atoms with E-state index in [1.165, 1.54) is 10.7 Å². The number of hydrogen-bond donors (Lipinski definition) is 1. The Morgan fingerprint density at radius 2 is 2.29 bits per heavy atom. The summed E-state index contributed by atoms with van der Waals surface area (Å²) in [5, 5.41) is 7.00. The third-order valence-corrected chi connectivity index (χ3v) is 4.80. The fourth-order valence-electron chi connectivity index (χ4n) is 2.59. The molecule has 0 radical (unpaired) electrons. The zero-order valence-electron chi connectivity index (χ0n) is 14.0. The largest absolute Gasteiger partial charge is 0.374 e. The molecule has 0 amide bonds. The lowest BCUT2D eigenvalue weighted by atomic mass is 9.93. The van der Waals surface area contributed by atoms with Crippen molar-refractivity contribution in [3.05, 3.63) is 16.1 Å². The smallest absolute Gasteiger partial charge is 0.0945 e. The van der Waals surface area contributed by atoms with Gasteiger partial charge in [-0.05, 0) is 13.6 Å². The fourth-order valence-corrected chi connectivity index (χ4v) is 3.67. The van der Waals surface area contributed by atoms with Crippen LogP contribution in [0.2, 0.25) is 0 Å². The van der Waals surface area contributed by atoms with Gasteiger partial charge in [0.15, 0.2) is 0 Å². The van der Waals surface area contributed by atoms with Gasteiger partial charge in [-0.3, -0.25) is 0 Å². The van der Waals surface area contributed by atoms with Gasteiger partial charge in [-0.1, -0.05) is 27.7 Å². The molecule has 0 bridgehead atoms.